The van der Waals surface area contributed by atoms with Crippen LogP contribution >= 0.6 is 0 Å². The summed E-state index contributed by atoms with van der Waals surface area (Å²) in [5.74, 6) is 0.829. The third-order valence-electron chi connectivity index (χ3n) is 4.84. The number of aryl methyl sites for hydroxylation is 2. The van der Waals surface area contributed by atoms with Gasteiger partial charge >= 0.3 is 0 Å². The second-order valence-electron chi connectivity index (χ2n) is 6.76. The number of carbonyl (C=O) groups excluding carboxylic acids is 1. The first-order valence-corrected chi connectivity index (χ1v) is 9.20. The molecule has 2 atom stereocenters. The normalized spacial score (nSPS) is 20.4. The molecule has 1 saturated heterocycles. The third kappa shape index (κ3) is 4.45. The molecule has 2 N–H and O–H groups in total. The van der Waals surface area contributed by atoms with Crippen molar-refractivity contribution in [1.82, 2.24) is 20.4 Å². The van der Waals surface area contributed by atoms with Gasteiger partial charge in [-0.2, -0.15) is 0 Å². The Kier molecular flexibility index (Phi) is 6.08. The summed E-state index contributed by atoms with van der Waals surface area (Å²) in [6, 6.07) is 3.06. The van der Waals surface area contributed by atoms with Crippen molar-refractivity contribution in [1.29, 1.82) is 0 Å². The van der Waals surface area contributed by atoms with Crippen LogP contribution in [0.1, 0.15) is 40.7 Å². The molecule has 8 heteroatoms. The summed E-state index contributed by atoms with van der Waals surface area (Å²) in [4.78, 5) is 18.9. The number of rotatable bonds is 6. The fourth-order valence-electron chi connectivity index (χ4n) is 3.32. The quantitative estimate of drug-likeness (QED) is 0.789. The first kappa shape index (κ1) is 19.3. The minimum absolute atomic E-state index is 0.283. The predicted octanol–water partition coefficient (Wildman–Crippen LogP) is 1.45. The van der Waals surface area contributed by atoms with Crippen LogP contribution in [-0.4, -0.2) is 57.9 Å². The number of nitrogens with one attached hydrogen (secondary N) is 1. The van der Waals surface area contributed by atoms with E-state index in [0.717, 1.165) is 23.6 Å². The maximum atomic E-state index is 12.6. The molecule has 1 aliphatic heterocycles. The highest BCUT2D eigenvalue weighted by Gasteiger charge is 2.30. The molecule has 0 bridgehead atoms. The summed E-state index contributed by atoms with van der Waals surface area (Å²) in [6.45, 7) is 7.99. The number of nitrogens with zero attached hydrogens (tertiary/aromatic N) is 3. The number of hydrogen-bond donors (Lipinski definition) is 2. The van der Waals surface area contributed by atoms with E-state index in [1.807, 2.05) is 20.8 Å². The van der Waals surface area contributed by atoms with E-state index in [2.05, 4.69) is 20.4 Å². The van der Waals surface area contributed by atoms with Crippen LogP contribution in [0.2, 0.25) is 0 Å². The Morgan fingerprint density at radius 3 is 2.96 bits per heavy atom. The van der Waals surface area contributed by atoms with Crippen LogP contribution in [0.5, 0.6) is 5.88 Å². The molecule has 146 valence electrons. The van der Waals surface area contributed by atoms with Crippen molar-refractivity contribution in [3.05, 3.63) is 40.9 Å². The molecular weight excluding hydrogens is 348 g/mol. The van der Waals surface area contributed by atoms with Crippen molar-refractivity contribution in [3.63, 3.8) is 0 Å². The summed E-state index contributed by atoms with van der Waals surface area (Å²) in [6.07, 6.45) is 1.58. The highest BCUT2D eigenvalue weighted by molar-refractivity contribution is 5.96. The lowest BCUT2D eigenvalue weighted by atomic mass is 10.0. The van der Waals surface area contributed by atoms with Gasteiger partial charge in [0.25, 0.3) is 5.91 Å². The van der Waals surface area contributed by atoms with E-state index in [1.165, 1.54) is 0 Å². The molecule has 0 radical (unpaired) electrons. The van der Waals surface area contributed by atoms with Crippen LogP contribution in [0, 0.1) is 13.8 Å². The number of hydrogen-bond acceptors (Lipinski definition) is 7. The lowest BCUT2D eigenvalue weighted by molar-refractivity contribution is 0.0346. The van der Waals surface area contributed by atoms with Crippen LogP contribution in [0.3, 0.4) is 0 Å². The monoisotopic (exact) mass is 374 g/mol. The summed E-state index contributed by atoms with van der Waals surface area (Å²) in [5.41, 5.74) is 2.31. The van der Waals surface area contributed by atoms with Gasteiger partial charge in [0.05, 0.1) is 24.4 Å². The minimum atomic E-state index is -0.657. The molecule has 2 aromatic rings. The summed E-state index contributed by atoms with van der Waals surface area (Å²) >= 11 is 0. The molecular formula is C19H26N4O4. The molecule has 3 rings (SSSR count). The van der Waals surface area contributed by atoms with Crippen molar-refractivity contribution in [2.45, 2.75) is 45.9 Å². The number of piperidine rings is 1. The van der Waals surface area contributed by atoms with Gasteiger partial charge in [-0.25, -0.2) is 4.98 Å². The first-order valence-electron chi connectivity index (χ1n) is 9.20. The molecule has 3 heterocycles. The Bertz CT molecular complexity index is 772. The van der Waals surface area contributed by atoms with E-state index >= 15 is 0 Å². The van der Waals surface area contributed by atoms with Gasteiger partial charge in [0.15, 0.2) is 0 Å². The first-order chi connectivity index (χ1) is 13.0. The standard InChI is InChI=1S/C19H26N4O4/c1-4-26-19-14(6-5-8-20-19)18(25)21-16-7-9-23(11-17(16)24)10-15-12(2)22-27-13(15)3/h5-6,8,16-17,24H,4,7,9-11H2,1-3H3,(H,21,25)/t16-,17-/m0/s1. The SMILES string of the molecule is CCOc1ncccc1C(=O)N[C@H]1CCN(Cc2c(C)noc2C)C[C@@H]1O. The van der Waals surface area contributed by atoms with Gasteiger partial charge in [-0.15, -0.1) is 0 Å². The molecule has 0 aliphatic carbocycles. The Balaban J connectivity index is 1.60. The van der Waals surface area contributed by atoms with Crippen LogP contribution in [0.4, 0.5) is 0 Å². The molecule has 1 fully saturated rings. The number of carbonyl (C=O) groups is 1. The van der Waals surface area contributed by atoms with Gasteiger partial charge in [-0.05, 0) is 39.3 Å². The van der Waals surface area contributed by atoms with Gasteiger partial charge in [-0.1, -0.05) is 5.16 Å². The molecule has 27 heavy (non-hydrogen) atoms. The zero-order valence-electron chi connectivity index (χ0n) is 15.9. The number of ether oxygens (including phenoxy) is 1. The summed E-state index contributed by atoms with van der Waals surface area (Å²) < 4.78 is 10.6. The minimum Gasteiger partial charge on any atom is -0.477 e. The van der Waals surface area contributed by atoms with E-state index < -0.39 is 6.10 Å². The van der Waals surface area contributed by atoms with Crippen molar-refractivity contribution in [3.8, 4) is 5.88 Å². The van der Waals surface area contributed by atoms with E-state index in [-0.39, 0.29) is 11.9 Å². The van der Waals surface area contributed by atoms with Crippen molar-refractivity contribution >= 4 is 5.91 Å². The smallest absolute Gasteiger partial charge is 0.257 e. The number of likely N-dealkylation sites (tertiary alicyclic amines) is 1. The zero-order chi connectivity index (χ0) is 19.4. The van der Waals surface area contributed by atoms with Gasteiger partial charge in [0.2, 0.25) is 5.88 Å². The number of pyridine rings is 1. The molecule has 0 aromatic carbocycles. The zero-order valence-corrected chi connectivity index (χ0v) is 15.9. The second kappa shape index (κ2) is 8.49. The fourth-order valence-corrected chi connectivity index (χ4v) is 3.32. The van der Waals surface area contributed by atoms with Gasteiger partial charge in [0, 0.05) is 31.4 Å². The van der Waals surface area contributed by atoms with Gasteiger partial charge in [0.1, 0.15) is 11.3 Å². The average molecular weight is 374 g/mol. The average Bonchev–Trinajstić information content (AvgIpc) is 2.96. The topological polar surface area (TPSA) is 101 Å². The maximum absolute atomic E-state index is 12.6. The fraction of sp³-hybridized carbons (Fsp3) is 0.526. The van der Waals surface area contributed by atoms with Gasteiger partial charge in [-0.3, -0.25) is 9.69 Å². The van der Waals surface area contributed by atoms with E-state index in [4.69, 9.17) is 9.26 Å². The highest BCUT2D eigenvalue weighted by atomic mass is 16.5. The Hall–Kier alpha value is -2.45. The lowest BCUT2D eigenvalue weighted by Gasteiger charge is -2.36. The molecule has 2 aromatic heterocycles. The summed E-state index contributed by atoms with van der Waals surface area (Å²) in [5, 5.41) is 17.4. The Morgan fingerprint density at radius 1 is 1.48 bits per heavy atom. The van der Waals surface area contributed by atoms with Gasteiger partial charge < -0.3 is 19.7 Å². The van der Waals surface area contributed by atoms with Crippen molar-refractivity contribution in [2.75, 3.05) is 19.7 Å². The number of aliphatic hydroxyl groups excluding tert-OH is 1. The van der Waals surface area contributed by atoms with Crippen LogP contribution < -0.4 is 10.1 Å². The van der Waals surface area contributed by atoms with Crippen LogP contribution in [0.25, 0.3) is 0 Å². The molecule has 0 unspecified atom stereocenters. The number of amides is 1. The van der Waals surface area contributed by atoms with Crippen molar-refractivity contribution < 1.29 is 19.2 Å². The Morgan fingerprint density at radius 2 is 2.30 bits per heavy atom. The molecule has 1 aliphatic rings. The lowest BCUT2D eigenvalue weighted by Crippen LogP contribution is -2.53. The largest absolute Gasteiger partial charge is 0.477 e. The number of aromatic nitrogens is 2. The van der Waals surface area contributed by atoms with Crippen LogP contribution in [-0.2, 0) is 6.54 Å². The van der Waals surface area contributed by atoms with E-state index in [9.17, 15) is 9.90 Å². The Labute approximate surface area is 158 Å². The predicted molar refractivity (Wildman–Crippen MR) is 98.5 cm³/mol. The third-order valence-corrected chi connectivity index (χ3v) is 4.84. The molecule has 0 saturated carbocycles. The molecule has 1 amide bonds. The van der Waals surface area contributed by atoms with E-state index in [0.29, 0.717) is 37.6 Å². The van der Waals surface area contributed by atoms with Crippen LogP contribution in [0.15, 0.2) is 22.9 Å². The summed E-state index contributed by atoms with van der Waals surface area (Å²) in [7, 11) is 0. The number of aliphatic hydroxyl groups is 1. The molecule has 8 nitrogen and oxygen atoms in total. The number of β-amino-alcohol motifs (C(OH)–C–C–N with tert-alkyl or cyclic N) is 1. The van der Waals surface area contributed by atoms with E-state index in [1.54, 1.807) is 18.3 Å². The second-order valence-corrected chi connectivity index (χ2v) is 6.76. The molecule has 0 spiro atoms. The van der Waals surface area contributed by atoms with Crippen molar-refractivity contribution in [2.24, 2.45) is 0 Å². The maximum Gasteiger partial charge on any atom is 0.257 e. The highest BCUT2D eigenvalue weighted by Crippen LogP contribution is 2.20.